The average molecular weight is 528 g/mol. The normalized spacial score (nSPS) is 14.3. The van der Waals surface area contributed by atoms with Crippen LogP contribution in [0.2, 0.25) is 0 Å². The van der Waals surface area contributed by atoms with E-state index in [1.54, 1.807) is 19.5 Å². The van der Waals surface area contributed by atoms with Crippen LogP contribution in [-0.2, 0) is 4.74 Å². The van der Waals surface area contributed by atoms with Crippen molar-refractivity contribution < 1.29 is 9.47 Å². The molecule has 0 aliphatic carbocycles. The van der Waals surface area contributed by atoms with Gasteiger partial charge in [0.05, 0.1) is 42.7 Å². The zero-order chi connectivity index (χ0) is 26.8. The van der Waals surface area contributed by atoms with Crippen LogP contribution in [0.5, 0.6) is 5.88 Å². The van der Waals surface area contributed by atoms with Gasteiger partial charge in [0, 0.05) is 57.1 Å². The van der Waals surface area contributed by atoms with Crippen LogP contribution in [-0.4, -0.2) is 88.6 Å². The van der Waals surface area contributed by atoms with Gasteiger partial charge in [0.15, 0.2) is 5.82 Å². The number of hydrogen-bond donors (Lipinski definition) is 3. The van der Waals surface area contributed by atoms with Gasteiger partial charge >= 0.3 is 0 Å². The van der Waals surface area contributed by atoms with Gasteiger partial charge in [-0.2, -0.15) is 5.10 Å². The number of fused-ring (bicyclic) bond motifs is 2. The van der Waals surface area contributed by atoms with Crippen LogP contribution in [0.3, 0.4) is 0 Å². The number of anilines is 3. The van der Waals surface area contributed by atoms with E-state index in [0.29, 0.717) is 28.5 Å². The number of nitrogens with one attached hydrogen (secondary N) is 3. The maximum absolute atomic E-state index is 12.8. The Morgan fingerprint density at radius 3 is 2.72 bits per heavy atom. The molecule has 200 valence electrons. The van der Waals surface area contributed by atoms with Crippen LogP contribution in [0.4, 0.5) is 17.3 Å². The quantitative estimate of drug-likeness (QED) is 0.276. The molecule has 0 atom stereocenters. The molecule has 0 radical (unpaired) electrons. The summed E-state index contributed by atoms with van der Waals surface area (Å²) in [6.45, 7) is 5.44. The van der Waals surface area contributed by atoms with E-state index in [9.17, 15) is 4.79 Å². The van der Waals surface area contributed by atoms with Crippen LogP contribution in [0.15, 0.2) is 53.7 Å². The standard InChI is InChI=1S/C27H29N9O3/c1-38-12-11-35-7-9-36(10-8-35)26-19-4-3-18(14-20(19)33-34-26)30-25-24-17(5-6-29-27(24)37)13-21(32-25)22-15-28-16-23(31-22)39-2/h3-6,13-16H,7-12H2,1-2H3,(H,29,37)(H,30,32)(H,33,34). The third-order valence-corrected chi connectivity index (χ3v) is 6.93. The third kappa shape index (κ3) is 4.99. The Labute approximate surface area is 224 Å². The summed E-state index contributed by atoms with van der Waals surface area (Å²) in [5, 5.41) is 13.4. The van der Waals surface area contributed by atoms with Crippen LogP contribution in [0.1, 0.15) is 0 Å². The predicted molar refractivity (Wildman–Crippen MR) is 150 cm³/mol. The van der Waals surface area contributed by atoms with Crippen molar-refractivity contribution >= 4 is 39.0 Å². The number of aromatic amines is 2. The first kappa shape index (κ1) is 24.8. The van der Waals surface area contributed by atoms with Crippen molar-refractivity contribution in [1.29, 1.82) is 0 Å². The first-order chi connectivity index (χ1) is 19.1. The Kier molecular flexibility index (Phi) is 6.78. The zero-order valence-corrected chi connectivity index (χ0v) is 21.8. The first-order valence-corrected chi connectivity index (χ1v) is 12.7. The number of rotatable bonds is 8. The van der Waals surface area contributed by atoms with E-state index in [1.165, 1.54) is 13.3 Å². The highest BCUT2D eigenvalue weighted by Gasteiger charge is 2.21. The van der Waals surface area contributed by atoms with E-state index in [2.05, 4.69) is 40.3 Å². The fourth-order valence-electron chi connectivity index (χ4n) is 4.87. The maximum Gasteiger partial charge on any atom is 0.259 e. The van der Waals surface area contributed by atoms with Gasteiger partial charge < -0.3 is 24.7 Å². The Morgan fingerprint density at radius 1 is 1.03 bits per heavy atom. The molecule has 5 aromatic rings. The van der Waals surface area contributed by atoms with E-state index in [-0.39, 0.29) is 5.56 Å². The van der Waals surface area contributed by atoms with Gasteiger partial charge in [-0.15, -0.1) is 0 Å². The van der Waals surface area contributed by atoms with Crippen molar-refractivity contribution in [3.8, 4) is 17.3 Å². The molecule has 1 aromatic carbocycles. The van der Waals surface area contributed by atoms with Crippen molar-refractivity contribution in [2.24, 2.45) is 0 Å². The number of pyridine rings is 2. The molecule has 5 heterocycles. The number of hydrogen-bond acceptors (Lipinski definition) is 10. The molecule has 1 aliphatic rings. The number of nitrogens with zero attached hydrogens (tertiary/aromatic N) is 6. The molecular formula is C27H29N9O3. The summed E-state index contributed by atoms with van der Waals surface area (Å²) in [7, 11) is 3.27. The minimum absolute atomic E-state index is 0.236. The average Bonchev–Trinajstić information content (AvgIpc) is 3.39. The molecule has 0 spiro atoms. The lowest BCUT2D eigenvalue weighted by atomic mass is 10.1. The van der Waals surface area contributed by atoms with Crippen LogP contribution in [0.25, 0.3) is 33.1 Å². The number of aromatic nitrogens is 6. The van der Waals surface area contributed by atoms with Crippen molar-refractivity contribution in [3.05, 3.63) is 59.3 Å². The van der Waals surface area contributed by atoms with E-state index >= 15 is 0 Å². The maximum atomic E-state index is 12.8. The molecule has 12 nitrogen and oxygen atoms in total. The zero-order valence-electron chi connectivity index (χ0n) is 21.8. The summed E-state index contributed by atoms with van der Waals surface area (Å²) in [6.07, 6.45) is 4.76. The van der Waals surface area contributed by atoms with E-state index in [4.69, 9.17) is 14.5 Å². The Hall–Kier alpha value is -4.55. The number of piperazine rings is 1. The Balaban J connectivity index is 1.30. The molecule has 6 rings (SSSR count). The molecule has 12 heteroatoms. The minimum Gasteiger partial charge on any atom is -0.480 e. The van der Waals surface area contributed by atoms with E-state index in [1.807, 2.05) is 30.3 Å². The van der Waals surface area contributed by atoms with Gasteiger partial charge in [0.2, 0.25) is 5.88 Å². The highest BCUT2D eigenvalue weighted by atomic mass is 16.5. The number of benzene rings is 1. The summed E-state index contributed by atoms with van der Waals surface area (Å²) in [4.78, 5) is 33.7. The highest BCUT2D eigenvalue weighted by Crippen LogP contribution is 2.31. The summed E-state index contributed by atoms with van der Waals surface area (Å²) >= 11 is 0. The smallest absolute Gasteiger partial charge is 0.259 e. The molecular weight excluding hydrogens is 498 g/mol. The molecule has 0 unspecified atom stereocenters. The second-order valence-corrected chi connectivity index (χ2v) is 9.33. The van der Waals surface area contributed by atoms with Gasteiger partial charge in [-0.05, 0) is 35.7 Å². The van der Waals surface area contributed by atoms with Crippen molar-refractivity contribution in [2.75, 3.05) is 63.8 Å². The minimum atomic E-state index is -0.236. The van der Waals surface area contributed by atoms with Gasteiger partial charge in [-0.3, -0.25) is 19.8 Å². The van der Waals surface area contributed by atoms with E-state index in [0.717, 1.165) is 67.1 Å². The lowest BCUT2D eigenvalue weighted by Crippen LogP contribution is -2.47. The molecule has 1 saturated heterocycles. The predicted octanol–water partition coefficient (Wildman–Crippen LogP) is 2.78. The second-order valence-electron chi connectivity index (χ2n) is 9.33. The number of ether oxygens (including phenoxy) is 2. The number of methoxy groups -OCH3 is 2. The second kappa shape index (κ2) is 10.7. The third-order valence-electron chi connectivity index (χ3n) is 6.93. The van der Waals surface area contributed by atoms with Gasteiger partial charge in [0.25, 0.3) is 5.56 Å². The SMILES string of the molecule is COCCN1CCN(c2n[nH]c3cc(Nc4nc(-c5cncc(OC)n5)cc5cc[nH]c(=O)c45)ccc23)CC1. The van der Waals surface area contributed by atoms with Crippen LogP contribution < -0.4 is 20.5 Å². The largest absolute Gasteiger partial charge is 0.480 e. The fourth-order valence-corrected chi connectivity index (χ4v) is 4.87. The molecule has 0 amide bonds. The van der Waals surface area contributed by atoms with Crippen LogP contribution >= 0.6 is 0 Å². The van der Waals surface area contributed by atoms with Gasteiger partial charge in [-0.1, -0.05) is 0 Å². The van der Waals surface area contributed by atoms with E-state index < -0.39 is 0 Å². The highest BCUT2D eigenvalue weighted by molar-refractivity contribution is 5.97. The Bertz CT molecular complexity index is 1670. The molecule has 0 saturated carbocycles. The summed E-state index contributed by atoms with van der Waals surface area (Å²) in [6, 6.07) is 9.64. The molecule has 3 N–H and O–H groups in total. The fraction of sp³-hybridized carbons (Fsp3) is 0.296. The van der Waals surface area contributed by atoms with Crippen molar-refractivity contribution in [2.45, 2.75) is 0 Å². The molecule has 0 bridgehead atoms. The molecule has 4 aromatic heterocycles. The topological polar surface area (TPSA) is 137 Å². The van der Waals surface area contributed by atoms with Crippen LogP contribution in [0, 0.1) is 0 Å². The molecule has 1 aliphatic heterocycles. The summed E-state index contributed by atoms with van der Waals surface area (Å²) < 4.78 is 10.4. The van der Waals surface area contributed by atoms with Crippen molar-refractivity contribution in [1.82, 2.24) is 35.0 Å². The first-order valence-electron chi connectivity index (χ1n) is 12.7. The molecule has 1 fully saturated rings. The number of H-pyrrole nitrogens is 2. The monoisotopic (exact) mass is 527 g/mol. The van der Waals surface area contributed by atoms with Gasteiger partial charge in [-0.25, -0.2) is 9.97 Å². The summed E-state index contributed by atoms with van der Waals surface area (Å²) in [5.74, 6) is 1.74. The molecule has 39 heavy (non-hydrogen) atoms. The van der Waals surface area contributed by atoms with Crippen molar-refractivity contribution in [3.63, 3.8) is 0 Å². The lowest BCUT2D eigenvalue weighted by molar-refractivity contribution is 0.144. The summed E-state index contributed by atoms with van der Waals surface area (Å²) in [5.41, 5.74) is 2.53. The Morgan fingerprint density at radius 2 is 1.90 bits per heavy atom. The van der Waals surface area contributed by atoms with Gasteiger partial charge in [0.1, 0.15) is 11.5 Å². The lowest BCUT2D eigenvalue weighted by Gasteiger charge is -2.34.